The Morgan fingerprint density at radius 1 is 1.22 bits per heavy atom. The van der Waals surface area contributed by atoms with Crippen LogP contribution in [0.3, 0.4) is 0 Å². The molecule has 0 saturated carbocycles. The highest BCUT2D eigenvalue weighted by atomic mass is 35.5. The number of hydrogen-bond acceptors (Lipinski definition) is 3. The van der Waals surface area contributed by atoms with Crippen LogP contribution in [0.5, 0.6) is 0 Å². The maximum Gasteiger partial charge on any atom is 0.142 e. The maximum atomic E-state index is 13.2. The summed E-state index contributed by atoms with van der Waals surface area (Å²) in [6, 6.07) is 4.77. The number of hydrogen-bond donors (Lipinski definition) is 1. The number of benzene rings is 1. The molecule has 0 amide bonds. The third kappa shape index (κ3) is 3.48. The van der Waals surface area contributed by atoms with E-state index in [2.05, 4.69) is 15.3 Å². The third-order valence-corrected chi connectivity index (χ3v) is 2.76. The zero-order valence-electron chi connectivity index (χ0n) is 9.95. The summed E-state index contributed by atoms with van der Waals surface area (Å²) < 4.78 is 13.2. The van der Waals surface area contributed by atoms with Gasteiger partial charge < -0.3 is 5.32 Å². The molecule has 0 aliphatic heterocycles. The number of rotatable bonds is 4. The van der Waals surface area contributed by atoms with Gasteiger partial charge in [0.15, 0.2) is 0 Å². The summed E-state index contributed by atoms with van der Waals surface area (Å²) in [7, 11) is 0. The highest BCUT2D eigenvalue weighted by molar-refractivity contribution is 6.30. The number of halogens is 2. The van der Waals surface area contributed by atoms with Crippen molar-refractivity contribution in [2.24, 2.45) is 0 Å². The van der Waals surface area contributed by atoms with Gasteiger partial charge in [-0.3, -0.25) is 9.97 Å². The molecule has 0 atom stereocenters. The smallest absolute Gasteiger partial charge is 0.142 e. The Kier molecular flexibility index (Phi) is 4.23. The Morgan fingerprint density at radius 3 is 2.72 bits per heavy atom. The molecular formula is C13H13ClFN3. The van der Waals surface area contributed by atoms with E-state index in [0.717, 1.165) is 17.0 Å². The van der Waals surface area contributed by atoms with Crippen molar-refractivity contribution in [1.82, 2.24) is 15.3 Å². The zero-order valence-corrected chi connectivity index (χ0v) is 10.7. The summed E-state index contributed by atoms with van der Waals surface area (Å²) >= 11 is 5.61. The Hall–Kier alpha value is -1.52. The van der Waals surface area contributed by atoms with Crippen molar-refractivity contribution in [1.29, 1.82) is 0 Å². The summed E-state index contributed by atoms with van der Waals surface area (Å²) in [5.74, 6) is -0.397. The van der Waals surface area contributed by atoms with Gasteiger partial charge in [0.05, 0.1) is 16.4 Å². The van der Waals surface area contributed by atoms with E-state index in [4.69, 9.17) is 11.6 Å². The van der Waals surface area contributed by atoms with Crippen LogP contribution < -0.4 is 5.32 Å². The number of nitrogens with zero attached hydrogens (tertiary/aromatic N) is 2. The van der Waals surface area contributed by atoms with Crippen LogP contribution in [0, 0.1) is 12.7 Å². The first-order valence-electron chi connectivity index (χ1n) is 5.57. The van der Waals surface area contributed by atoms with Crippen LogP contribution in [0.2, 0.25) is 5.02 Å². The van der Waals surface area contributed by atoms with Crippen molar-refractivity contribution in [3.8, 4) is 0 Å². The first kappa shape index (κ1) is 12.9. The van der Waals surface area contributed by atoms with E-state index in [1.165, 1.54) is 6.07 Å². The molecule has 0 spiro atoms. The van der Waals surface area contributed by atoms with Gasteiger partial charge in [-0.2, -0.15) is 0 Å². The lowest BCUT2D eigenvalue weighted by Gasteiger charge is -2.05. The van der Waals surface area contributed by atoms with Gasteiger partial charge in [-0.1, -0.05) is 17.7 Å². The van der Waals surface area contributed by atoms with Crippen molar-refractivity contribution >= 4 is 11.6 Å². The lowest BCUT2D eigenvalue weighted by Crippen LogP contribution is -2.14. The van der Waals surface area contributed by atoms with Crippen LogP contribution in [0.1, 0.15) is 17.0 Å². The average Bonchev–Trinajstić information content (AvgIpc) is 2.36. The van der Waals surface area contributed by atoms with Crippen molar-refractivity contribution < 1.29 is 4.39 Å². The van der Waals surface area contributed by atoms with Crippen LogP contribution in [0.25, 0.3) is 0 Å². The van der Waals surface area contributed by atoms with Crippen LogP contribution >= 0.6 is 11.6 Å². The first-order valence-corrected chi connectivity index (χ1v) is 5.95. The van der Waals surface area contributed by atoms with Gasteiger partial charge in [-0.25, -0.2) is 4.39 Å². The van der Waals surface area contributed by atoms with Gasteiger partial charge >= 0.3 is 0 Å². The summed E-state index contributed by atoms with van der Waals surface area (Å²) in [5, 5.41) is 3.31. The molecule has 1 aromatic heterocycles. The lowest BCUT2D eigenvalue weighted by atomic mass is 10.2. The Labute approximate surface area is 110 Å². The molecule has 0 aliphatic carbocycles. The largest absolute Gasteiger partial charge is 0.307 e. The number of aryl methyl sites for hydroxylation is 1. The SMILES string of the molecule is Cc1cnc(CNCc2ccc(Cl)c(F)c2)cn1. The highest BCUT2D eigenvalue weighted by Gasteiger charge is 2.01. The molecule has 0 fully saturated rings. The molecule has 5 heteroatoms. The zero-order chi connectivity index (χ0) is 13.0. The van der Waals surface area contributed by atoms with E-state index in [9.17, 15) is 4.39 Å². The average molecular weight is 266 g/mol. The molecule has 2 rings (SSSR count). The molecule has 0 aliphatic rings. The molecule has 1 heterocycles. The minimum absolute atomic E-state index is 0.142. The van der Waals surface area contributed by atoms with E-state index in [1.807, 2.05) is 6.92 Å². The van der Waals surface area contributed by atoms with Crippen LogP contribution in [-0.2, 0) is 13.1 Å². The van der Waals surface area contributed by atoms with Crippen molar-refractivity contribution in [3.05, 3.63) is 58.4 Å². The van der Waals surface area contributed by atoms with E-state index >= 15 is 0 Å². The molecule has 94 valence electrons. The van der Waals surface area contributed by atoms with Gasteiger partial charge in [0.25, 0.3) is 0 Å². The van der Waals surface area contributed by atoms with Crippen molar-refractivity contribution in [2.75, 3.05) is 0 Å². The lowest BCUT2D eigenvalue weighted by molar-refractivity contribution is 0.619. The van der Waals surface area contributed by atoms with Crippen LogP contribution in [-0.4, -0.2) is 9.97 Å². The predicted molar refractivity (Wildman–Crippen MR) is 68.7 cm³/mol. The van der Waals surface area contributed by atoms with Gasteiger partial charge in [0.1, 0.15) is 5.82 Å². The van der Waals surface area contributed by atoms with E-state index in [1.54, 1.807) is 24.5 Å². The van der Waals surface area contributed by atoms with E-state index < -0.39 is 5.82 Å². The molecule has 2 aromatic rings. The Bertz CT molecular complexity index is 528. The molecule has 18 heavy (non-hydrogen) atoms. The van der Waals surface area contributed by atoms with Crippen LogP contribution in [0.15, 0.2) is 30.6 Å². The van der Waals surface area contributed by atoms with Gasteiger partial charge in [-0.05, 0) is 24.6 Å². The Morgan fingerprint density at radius 2 is 2.06 bits per heavy atom. The van der Waals surface area contributed by atoms with Gasteiger partial charge in [0.2, 0.25) is 0 Å². The fraction of sp³-hybridized carbons (Fsp3) is 0.231. The fourth-order valence-corrected chi connectivity index (χ4v) is 1.61. The molecule has 0 saturated heterocycles. The van der Waals surface area contributed by atoms with Crippen molar-refractivity contribution in [3.63, 3.8) is 0 Å². The molecule has 0 radical (unpaired) electrons. The standard InChI is InChI=1S/C13H13ClFN3/c1-9-5-18-11(8-17-9)7-16-6-10-2-3-12(14)13(15)4-10/h2-5,8,16H,6-7H2,1H3. The maximum absolute atomic E-state index is 13.2. The topological polar surface area (TPSA) is 37.8 Å². The number of nitrogens with one attached hydrogen (secondary N) is 1. The second-order valence-electron chi connectivity index (χ2n) is 4.00. The number of aromatic nitrogens is 2. The normalized spacial score (nSPS) is 10.6. The Balaban J connectivity index is 1.88. The molecule has 3 nitrogen and oxygen atoms in total. The fourth-order valence-electron chi connectivity index (χ4n) is 1.50. The quantitative estimate of drug-likeness (QED) is 0.924. The molecule has 0 bridgehead atoms. The first-order chi connectivity index (χ1) is 8.65. The van der Waals surface area contributed by atoms with E-state index in [0.29, 0.717) is 13.1 Å². The van der Waals surface area contributed by atoms with Crippen molar-refractivity contribution in [2.45, 2.75) is 20.0 Å². The van der Waals surface area contributed by atoms with Gasteiger partial charge in [-0.15, -0.1) is 0 Å². The highest BCUT2D eigenvalue weighted by Crippen LogP contribution is 2.15. The second kappa shape index (κ2) is 5.89. The molecule has 0 unspecified atom stereocenters. The monoisotopic (exact) mass is 265 g/mol. The van der Waals surface area contributed by atoms with Gasteiger partial charge in [0, 0.05) is 25.5 Å². The second-order valence-corrected chi connectivity index (χ2v) is 4.41. The van der Waals surface area contributed by atoms with E-state index in [-0.39, 0.29) is 5.02 Å². The molecule has 1 aromatic carbocycles. The minimum atomic E-state index is -0.397. The summed E-state index contributed by atoms with van der Waals surface area (Å²) in [6.07, 6.45) is 3.45. The molecule has 1 N–H and O–H groups in total. The predicted octanol–water partition coefficient (Wildman–Crippen LogP) is 2.87. The third-order valence-electron chi connectivity index (χ3n) is 2.45. The summed E-state index contributed by atoms with van der Waals surface area (Å²) in [5.41, 5.74) is 2.59. The van der Waals surface area contributed by atoms with Crippen LogP contribution in [0.4, 0.5) is 4.39 Å². The minimum Gasteiger partial charge on any atom is -0.307 e. The summed E-state index contributed by atoms with van der Waals surface area (Å²) in [6.45, 7) is 3.04. The molecular weight excluding hydrogens is 253 g/mol. The summed E-state index contributed by atoms with van der Waals surface area (Å²) in [4.78, 5) is 8.37.